The first kappa shape index (κ1) is 20.1. The number of anilines is 1. The summed E-state index contributed by atoms with van der Waals surface area (Å²) in [6.07, 6.45) is 0. The molecule has 6 nitrogen and oxygen atoms in total. The predicted molar refractivity (Wildman–Crippen MR) is 120 cm³/mol. The zero-order chi connectivity index (χ0) is 21.3. The molecule has 2 aromatic heterocycles. The first-order valence-corrected chi connectivity index (χ1v) is 10.7. The maximum atomic E-state index is 12.3. The van der Waals surface area contributed by atoms with Crippen LogP contribution >= 0.6 is 11.3 Å². The Kier molecular flexibility index (Phi) is 5.55. The van der Waals surface area contributed by atoms with Gasteiger partial charge >= 0.3 is 0 Å². The van der Waals surface area contributed by atoms with Crippen molar-refractivity contribution in [1.82, 2.24) is 14.6 Å². The Morgan fingerprint density at radius 3 is 2.80 bits per heavy atom. The number of rotatable bonds is 6. The summed E-state index contributed by atoms with van der Waals surface area (Å²) < 4.78 is 7.40. The predicted octanol–water partition coefficient (Wildman–Crippen LogP) is 5.22. The number of ether oxygens (including phenoxy) is 1. The van der Waals surface area contributed by atoms with E-state index in [1.165, 1.54) is 28.0 Å². The molecular formula is C23H24N4O2S. The van der Waals surface area contributed by atoms with E-state index in [-0.39, 0.29) is 18.5 Å². The second kappa shape index (κ2) is 8.28. The molecule has 0 saturated heterocycles. The summed E-state index contributed by atoms with van der Waals surface area (Å²) in [7, 11) is 0. The molecule has 1 amide bonds. The molecule has 30 heavy (non-hydrogen) atoms. The van der Waals surface area contributed by atoms with Crippen LogP contribution < -0.4 is 10.1 Å². The zero-order valence-corrected chi connectivity index (χ0v) is 18.3. The Morgan fingerprint density at radius 2 is 2.03 bits per heavy atom. The Labute approximate surface area is 179 Å². The first-order valence-electron chi connectivity index (χ1n) is 9.85. The molecule has 0 fully saturated rings. The van der Waals surface area contributed by atoms with Crippen molar-refractivity contribution >= 4 is 28.2 Å². The van der Waals surface area contributed by atoms with Crippen molar-refractivity contribution in [1.29, 1.82) is 0 Å². The van der Waals surface area contributed by atoms with E-state index < -0.39 is 0 Å². The molecule has 0 aliphatic carbocycles. The number of aryl methyl sites for hydroxylation is 2. The molecule has 0 bridgehead atoms. The van der Waals surface area contributed by atoms with E-state index in [1.54, 1.807) is 4.52 Å². The van der Waals surface area contributed by atoms with Gasteiger partial charge in [-0.1, -0.05) is 49.7 Å². The molecule has 154 valence electrons. The van der Waals surface area contributed by atoms with Crippen LogP contribution in [0.25, 0.3) is 16.2 Å². The highest BCUT2D eigenvalue weighted by atomic mass is 32.1. The highest BCUT2D eigenvalue weighted by Crippen LogP contribution is 2.29. The molecular weight excluding hydrogens is 396 g/mol. The Hall–Kier alpha value is -3.19. The Morgan fingerprint density at radius 1 is 1.20 bits per heavy atom. The third-order valence-corrected chi connectivity index (χ3v) is 5.70. The molecule has 0 unspecified atom stereocenters. The van der Waals surface area contributed by atoms with Gasteiger partial charge in [0.1, 0.15) is 5.75 Å². The third kappa shape index (κ3) is 4.21. The molecule has 0 aliphatic heterocycles. The minimum atomic E-state index is -0.295. The van der Waals surface area contributed by atoms with Crippen LogP contribution in [-0.4, -0.2) is 27.1 Å². The van der Waals surface area contributed by atoms with Gasteiger partial charge in [0.25, 0.3) is 11.9 Å². The number of thiazole rings is 1. The number of hydrogen-bond donors (Lipinski definition) is 1. The number of aromatic nitrogens is 3. The SMILES string of the molecule is Cc1ccc(-c2csc3nc(NC(=O)COc4cccc(C(C)C)c4)nn23)c(C)c1. The van der Waals surface area contributed by atoms with E-state index in [0.29, 0.717) is 11.7 Å². The summed E-state index contributed by atoms with van der Waals surface area (Å²) in [6, 6.07) is 14.1. The maximum Gasteiger partial charge on any atom is 0.264 e. The number of nitrogens with one attached hydrogen (secondary N) is 1. The molecule has 0 spiro atoms. The van der Waals surface area contributed by atoms with Crippen molar-refractivity contribution in [2.75, 3.05) is 11.9 Å². The number of hydrogen-bond acceptors (Lipinski definition) is 5. The standard InChI is InChI=1S/C23H24N4O2S/c1-14(2)17-6-5-7-18(11-17)29-12-21(28)24-22-25-23-27(26-22)20(13-30-23)19-9-8-15(3)10-16(19)4/h5-11,13-14H,12H2,1-4H3,(H,24,26,28). The van der Waals surface area contributed by atoms with E-state index in [2.05, 4.69) is 61.3 Å². The number of carbonyl (C=O) groups is 1. The van der Waals surface area contributed by atoms with E-state index in [0.717, 1.165) is 16.2 Å². The van der Waals surface area contributed by atoms with Crippen molar-refractivity contribution in [2.24, 2.45) is 0 Å². The number of carbonyl (C=O) groups excluding carboxylic acids is 1. The van der Waals surface area contributed by atoms with Gasteiger partial charge in [-0.05, 0) is 43.0 Å². The van der Waals surface area contributed by atoms with Gasteiger partial charge in [0, 0.05) is 10.9 Å². The minimum Gasteiger partial charge on any atom is -0.484 e. The second-order valence-corrected chi connectivity index (χ2v) is 8.47. The molecule has 2 aromatic carbocycles. The van der Waals surface area contributed by atoms with Gasteiger partial charge in [-0.2, -0.15) is 4.98 Å². The summed E-state index contributed by atoms with van der Waals surface area (Å²) >= 11 is 1.49. The van der Waals surface area contributed by atoms with E-state index in [9.17, 15) is 4.79 Å². The molecule has 2 heterocycles. The molecule has 0 radical (unpaired) electrons. The largest absolute Gasteiger partial charge is 0.484 e. The monoisotopic (exact) mass is 420 g/mol. The smallest absolute Gasteiger partial charge is 0.264 e. The first-order chi connectivity index (χ1) is 14.4. The number of nitrogens with zero attached hydrogens (tertiary/aromatic N) is 3. The fourth-order valence-corrected chi connectivity index (χ4v) is 4.12. The average molecular weight is 421 g/mol. The molecule has 0 aliphatic rings. The number of benzene rings is 2. The highest BCUT2D eigenvalue weighted by Gasteiger charge is 2.15. The van der Waals surface area contributed by atoms with Gasteiger partial charge in [-0.25, -0.2) is 4.52 Å². The van der Waals surface area contributed by atoms with Gasteiger partial charge in [0.05, 0.1) is 5.69 Å². The summed E-state index contributed by atoms with van der Waals surface area (Å²) in [5, 5.41) is 9.23. The van der Waals surface area contributed by atoms with Crippen LogP contribution in [0.1, 0.15) is 36.5 Å². The van der Waals surface area contributed by atoms with Crippen LogP contribution in [0.2, 0.25) is 0 Å². The van der Waals surface area contributed by atoms with Crippen molar-refractivity contribution in [3.05, 3.63) is 64.5 Å². The minimum absolute atomic E-state index is 0.0989. The molecule has 7 heteroatoms. The lowest BCUT2D eigenvalue weighted by molar-refractivity contribution is -0.118. The Bertz CT molecular complexity index is 1210. The fourth-order valence-electron chi connectivity index (χ4n) is 3.29. The van der Waals surface area contributed by atoms with E-state index in [1.807, 2.05) is 29.6 Å². The lowest BCUT2D eigenvalue weighted by Gasteiger charge is -2.09. The normalized spacial score (nSPS) is 11.2. The lowest BCUT2D eigenvalue weighted by atomic mass is 10.0. The molecule has 4 rings (SSSR count). The summed E-state index contributed by atoms with van der Waals surface area (Å²) in [6.45, 7) is 8.29. The van der Waals surface area contributed by atoms with E-state index >= 15 is 0 Å². The summed E-state index contributed by atoms with van der Waals surface area (Å²) in [4.78, 5) is 17.5. The van der Waals surface area contributed by atoms with Crippen molar-refractivity contribution in [2.45, 2.75) is 33.6 Å². The van der Waals surface area contributed by atoms with Gasteiger partial charge in [-0.3, -0.25) is 10.1 Å². The number of amides is 1. The van der Waals surface area contributed by atoms with Gasteiger partial charge in [0.15, 0.2) is 6.61 Å². The fraction of sp³-hybridized carbons (Fsp3) is 0.261. The van der Waals surface area contributed by atoms with Crippen LogP contribution in [0.15, 0.2) is 47.8 Å². The van der Waals surface area contributed by atoms with Crippen LogP contribution in [0, 0.1) is 13.8 Å². The van der Waals surface area contributed by atoms with Crippen LogP contribution in [-0.2, 0) is 4.79 Å². The van der Waals surface area contributed by atoms with Crippen molar-refractivity contribution in [3.8, 4) is 17.0 Å². The third-order valence-electron chi connectivity index (χ3n) is 4.89. The second-order valence-electron chi connectivity index (χ2n) is 7.63. The van der Waals surface area contributed by atoms with Gasteiger partial charge in [0.2, 0.25) is 4.96 Å². The molecule has 1 N–H and O–H groups in total. The molecule has 0 saturated carbocycles. The van der Waals surface area contributed by atoms with Crippen LogP contribution in [0.5, 0.6) is 5.75 Å². The van der Waals surface area contributed by atoms with Crippen molar-refractivity contribution < 1.29 is 9.53 Å². The molecule has 4 aromatic rings. The lowest BCUT2D eigenvalue weighted by Crippen LogP contribution is -2.21. The summed E-state index contributed by atoms with van der Waals surface area (Å²) in [5.74, 6) is 1.05. The van der Waals surface area contributed by atoms with Crippen LogP contribution in [0.4, 0.5) is 5.95 Å². The van der Waals surface area contributed by atoms with Gasteiger partial charge < -0.3 is 4.74 Å². The average Bonchev–Trinajstić information content (AvgIpc) is 3.27. The quantitative estimate of drug-likeness (QED) is 0.465. The number of fused-ring (bicyclic) bond motifs is 1. The van der Waals surface area contributed by atoms with Gasteiger partial charge in [-0.15, -0.1) is 16.4 Å². The topological polar surface area (TPSA) is 68.5 Å². The zero-order valence-electron chi connectivity index (χ0n) is 17.5. The Balaban J connectivity index is 1.46. The summed E-state index contributed by atoms with van der Waals surface area (Å²) in [5.41, 5.74) is 5.62. The van der Waals surface area contributed by atoms with Crippen LogP contribution in [0.3, 0.4) is 0 Å². The van der Waals surface area contributed by atoms with E-state index in [4.69, 9.17) is 4.74 Å². The van der Waals surface area contributed by atoms with Crippen molar-refractivity contribution in [3.63, 3.8) is 0 Å². The highest BCUT2D eigenvalue weighted by molar-refractivity contribution is 7.15. The molecule has 0 atom stereocenters. The maximum absolute atomic E-state index is 12.3.